The molecule has 0 saturated carbocycles. The number of anilines is 2. The van der Waals surface area contributed by atoms with E-state index in [1.54, 1.807) is 24.3 Å². The van der Waals surface area contributed by atoms with Crippen LogP contribution >= 0.6 is 11.6 Å². The Morgan fingerprint density at radius 1 is 0.962 bits per heavy atom. The van der Waals surface area contributed by atoms with Gasteiger partial charge < -0.3 is 5.32 Å². The molecule has 0 unspecified atom stereocenters. The third-order valence-corrected chi connectivity index (χ3v) is 4.10. The maximum absolute atomic E-state index is 12.2. The number of urea groups is 1. The van der Waals surface area contributed by atoms with Gasteiger partial charge in [0.2, 0.25) is 5.82 Å². The normalized spacial score (nSPS) is 11.2. The van der Waals surface area contributed by atoms with E-state index in [1.165, 1.54) is 5.56 Å². The Kier molecular flexibility index (Phi) is 4.95. The van der Waals surface area contributed by atoms with Crippen molar-refractivity contribution in [1.82, 2.24) is 10.3 Å². The number of rotatable bonds is 3. The molecule has 3 aromatic rings. The molecule has 0 bridgehead atoms. The molecule has 2 aromatic carbocycles. The fraction of sp³-hybridized carbons (Fsp3) is 0.211. The zero-order valence-electron chi connectivity index (χ0n) is 14.7. The van der Waals surface area contributed by atoms with Crippen molar-refractivity contribution in [2.24, 2.45) is 0 Å². The second kappa shape index (κ2) is 7.17. The van der Waals surface area contributed by atoms with Gasteiger partial charge in [0, 0.05) is 16.3 Å². The fourth-order valence-electron chi connectivity index (χ4n) is 2.39. The number of hydrogen-bond acceptors (Lipinski definition) is 4. The smallest absolute Gasteiger partial charge is 0.308 e. The number of nitrogens with zero attached hydrogens (tertiary/aromatic N) is 2. The highest BCUT2D eigenvalue weighted by Crippen LogP contribution is 2.26. The monoisotopic (exact) mass is 370 g/mol. The Morgan fingerprint density at radius 3 is 2.23 bits per heavy atom. The van der Waals surface area contributed by atoms with Gasteiger partial charge in [-0.3, -0.25) is 5.32 Å². The van der Waals surface area contributed by atoms with Gasteiger partial charge in [0.25, 0.3) is 0 Å². The van der Waals surface area contributed by atoms with Gasteiger partial charge in [-0.25, -0.2) is 9.42 Å². The third kappa shape index (κ3) is 4.21. The van der Waals surface area contributed by atoms with E-state index in [1.807, 2.05) is 24.3 Å². The topological polar surface area (TPSA) is 80.0 Å². The van der Waals surface area contributed by atoms with Gasteiger partial charge in [-0.15, -0.1) is 0 Å². The van der Waals surface area contributed by atoms with Crippen molar-refractivity contribution in [2.75, 3.05) is 10.6 Å². The number of carbonyl (C=O) groups excluding carboxylic acids is 1. The predicted molar refractivity (Wildman–Crippen MR) is 103 cm³/mol. The van der Waals surface area contributed by atoms with Gasteiger partial charge in [0.1, 0.15) is 0 Å². The van der Waals surface area contributed by atoms with Crippen molar-refractivity contribution in [3.63, 3.8) is 0 Å². The molecule has 0 aliphatic carbocycles. The minimum atomic E-state index is -0.431. The molecule has 0 atom stereocenters. The second-order valence-electron chi connectivity index (χ2n) is 6.87. The zero-order chi connectivity index (χ0) is 18.7. The van der Waals surface area contributed by atoms with Gasteiger partial charge in [-0.1, -0.05) is 56.6 Å². The number of carbonyl (C=O) groups is 1. The summed E-state index contributed by atoms with van der Waals surface area (Å²) in [6, 6.07) is 14.3. The molecule has 26 heavy (non-hydrogen) atoms. The molecule has 1 heterocycles. The highest BCUT2D eigenvalue weighted by atomic mass is 35.5. The first-order chi connectivity index (χ1) is 12.3. The second-order valence-corrected chi connectivity index (χ2v) is 7.31. The Balaban J connectivity index is 1.69. The lowest BCUT2D eigenvalue weighted by Gasteiger charge is -2.19. The summed E-state index contributed by atoms with van der Waals surface area (Å²) in [5.41, 5.74) is 3.09. The first-order valence-electron chi connectivity index (χ1n) is 8.10. The van der Waals surface area contributed by atoms with Crippen LogP contribution in [0, 0.1) is 0 Å². The summed E-state index contributed by atoms with van der Waals surface area (Å²) >= 11 is 5.89. The molecule has 134 valence electrons. The highest BCUT2D eigenvalue weighted by molar-refractivity contribution is 6.30. The van der Waals surface area contributed by atoms with Crippen LogP contribution < -0.4 is 10.6 Å². The Hall–Kier alpha value is -2.86. The van der Waals surface area contributed by atoms with Crippen LogP contribution in [0.3, 0.4) is 0 Å². The van der Waals surface area contributed by atoms with E-state index in [9.17, 15) is 4.79 Å². The molecule has 0 spiro atoms. The molecule has 1 aromatic heterocycles. The summed E-state index contributed by atoms with van der Waals surface area (Å²) in [6.07, 6.45) is 0. The molecule has 7 heteroatoms. The van der Waals surface area contributed by atoms with E-state index in [0.29, 0.717) is 16.4 Å². The maximum atomic E-state index is 12.2. The van der Waals surface area contributed by atoms with Gasteiger partial charge in [-0.05, 0) is 45.6 Å². The number of amides is 2. The molecular weight excluding hydrogens is 352 g/mol. The van der Waals surface area contributed by atoms with Crippen LogP contribution in [0.2, 0.25) is 5.02 Å². The molecule has 0 fully saturated rings. The van der Waals surface area contributed by atoms with Crippen molar-refractivity contribution in [1.29, 1.82) is 0 Å². The predicted octanol–water partition coefficient (Wildman–Crippen LogP) is 5.33. The summed E-state index contributed by atoms with van der Waals surface area (Å²) in [7, 11) is 0. The van der Waals surface area contributed by atoms with Crippen LogP contribution in [-0.2, 0) is 5.41 Å². The van der Waals surface area contributed by atoms with Crippen molar-refractivity contribution in [3.8, 4) is 11.3 Å². The molecule has 6 nitrogen and oxygen atoms in total. The van der Waals surface area contributed by atoms with Crippen molar-refractivity contribution >= 4 is 29.1 Å². The largest absolute Gasteiger partial charge is 0.325 e. The van der Waals surface area contributed by atoms with Crippen LogP contribution in [0.15, 0.2) is 53.2 Å². The SMILES string of the molecule is CC(C)(C)c1ccc(NC(=O)Nc2nonc2-c2ccc(Cl)cc2)cc1. The van der Waals surface area contributed by atoms with Crippen molar-refractivity contribution < 1.29 is 9.42 Å². The first-order valence-corrected chi connectivity index (χ1v) is 8.48. The van der Waals surface area contributed by atoms with E-state index < -0.39 is 6.03 Å². The first kappa shape index (κ1) is 17.9. The minimum absolute atomic E-state index is 0.0562. The molecule has 0 radical (unpaired) electrons. The van der Waals surface area contributed by atoms with E-state index in [2.05, 4.69) is 41.7 Å². The third-order valence-electron chi connectivity index (χ3n) is 3.85. The summed E-state index contributed by atoms with van der Waals surface area (Å²) in [5.74, 6) is 0.233. The van der Waals surface area contributed by atoms with Gasteiger partial charge in [0.05, 0.1) is 0 Å². The highest BCUT2D eigenvalue weighted by Gasteiger charge is 2.16. The molecular formula is C19H19ClN4O2. The molecule has 0 aliphatic heterocycles. The minimum Gasteiger partial charge on any atom is -0.308 e. The molecule has 0 saturated heterocycles. The van der Waals surface area contributed by atoms with Crippen LogP contribution in [-0.4, -0.2) is 16.3 Å². The Morgan fingerprint density at radius 2 is 1.62 bits per heavy atom. The quantitative estimate of drug-likeness (QED) is 0.652. The summed E-state index contributed by atoms with van der Waals surface area (Å²) in [5, 5.41) is 13.6. The molecule has 3 rings (SSSR count). The fourth-order valence-corrected chi connectivity index (χ4v) is 2.52. The Labute approximate surface area is 156 Å². The number of halogens is 1. The lowest BCUT2D eigenvalue weighted by molar-refractivity contribution is 0.261. The van der Waals surface area contributed by atoms with Crippen LogP contribution in [0.1, 0.15) is 26.3 Å². The summed E-state index contributed by atoms with van der Waals surface area (Å²) in [4.78, 5) is 12.2. The zero-order valence-corrected chi connectivity index (χ0v) is 15.5. The van der Waals surface area contributed by atoms with Crippen molar-refractivity contribution in [2.45, 2.75) is 26.2 Å². The number of nitrogens with one attached hydrogen (secondary N) is 2. The lowest BCUT2D eigenvalue weighted by Crippen LogP contribution is -2.20. The van der Waals surface area contributed by atoms with Crippen LogP contribution in [0.4, 0.5) is 16.3 Å². The average molecular weight is 371 g/mol. The lowest BCUT2D eigenvalue weighted by atomic mass is 9.87. The van der Waals surface area contributed by atoms with Crippen LogP contribution in [0.25, 0.3) is 11.3 Å². The standard InChI is InChI=1S/C19H19ClN4O2/c1-19(2,3)13-6-10-15(11-7-13)21-18(25)22-17-16(23-26-24-17)12-4-8-14(20)9-5-12/h4-11H,1-3H3,(H2,21,22,24,25). The van der Waals surface area contributed by atoms with Gasteiger partial charge in [-0.2, -0.15) is 0 Å². The van der Waals surface area contributed by atoms with Gasteiger partial charge in [0.15, 0.2) is 5.69 Å². The van der Waals surface area contributed by atoms with Crippen molar-refractivity contribution in [3.05, 3.63) is 59.1 Å². The van der Waals surface area contributed by atoms with E-state index >= 15 is 0 Å². The number of benzene rings is 2. The average Bonchev–Trinajstić information content (AvgIpc) is 3.03. The van der Waals surface area contributed by atoms with Gasteiger partial charge >= 0.3 is 6.03 Å². The molecule has 2 amide bonds. The summed E-state index contributed by atoms with van der Waals surface area (Å²) in [6.45, 7) is 6.41. The summed E-state index contributed by atoms with van der Waals surface area (Å²) < 4.78 is 4.76. The van der Waals surface area contributed by atoms with E-state index in [0.717, 1.165) is 5.56 Å². The van der Waals surface area contributed by atoms with E-state index in [4.69, 9.17) is 16.2 Å². The number of aromatic nitrogens is 2. The molecule has 0 aliphatic rings. The number of hydrogen-bond donors (Lipinski definition) is 2. The Bertz CT molecular complexity index is 897. The maximum Gasteiger partial charge on any atom is 0.325 e. The molecule has 2 N–H and O–H groups in total. The van der Waals surface area contributed by atoms with Crippen LogP contribution in [0.5, 0.6) is 0 Å². The van der Waals surface area contributed by atoms with E-state index in [-0.39, 0.29) is 11.2 Å².